The van der Waals surface area contributed by atoms with E-state index in [9.17, 15) is 4.79 Å². The number of hydrogen-bond donors (Lipinski definition) is 1. The van der Waals surface area contributed by atoms with Crippen LogP contribution in [-0.4, -0.2) is 24.9 Å². The first-order chi connectivity index (χ1) is 8.93. The Morgan fingerprint density at radius 2 is 2.11 bits per heavy atom. The van der Waals surface area contributed by atoms with Crippen molar-refractivity contribution in [3.05, 3.63) is 29.3 Å². The molecule has 1 unspecified atom stereocenters. The van der Waals surface area contributed by atoms with E-state index in [1.807, 2.05) is 19.1 Å². The van der Waals surface area contributed by atoms with E-state index in [4.69, 9.17) is 16.3 Å². The quantitative estimate of drug-likeness (QED) is 0.813. The van der Waals surface area contributed by atoms with Crippen LogP contribution in [0.25, 0.3) is 0 Å². The lowest BCUT2D eigenvalue weighted by molar-refractivity contribution is 0.0949. The van der Waals surface area contributed by atoms with Crippen LogP contribution in [0.4, 0.5) is 0 Å². The van der Waals surface area contributed by atoms with Crippen molar-refractivity contribution < 1.29 is 9.53 Å². The van der Waals surface area contributed by atoms with Gasteiger partial charge >= 0.3 is 0 Å². The molecule has 0 aromatic heterocycles. The first kappa shape index (κ1) is 15.8. The molecule has 0 fully saturated rings. The number of benzene rings is 1. The van der Waals surface area contributed by atoms with Crippen molar-refractivity contribution in [1.82, 2.24) is 5.32 Å². The van der Waals surface area contributed by atoms with E-state index in [-0.39, 0.29) is 11.3 Å². The van der Waals surface area contributed by atoms with Gasteiger partial charge in [0.25, 0.3) is 5.91 Å². The fraction of sp³-hybridized carbons (Fsp3) is 0.533. The number of ether oxygens (including phenoxy) is 1. The monoisotopic (exact) mass is 283 g/mol. The number of alkyl halides is 1. The summed E-state index contributed by atoms with van der Waals surface area (Å²) in [5.41, 5.74) is 1.58. The third kappa shape index (κ3) is 5.11. The summed E-state index contributed by atoms with van der Waals surface area (Å²) < 4.78 is 5.20. The van der Waals surface area contributed by atoms with Crippen molar-refractivity contribution in [2.45, 2.75) is 32.6 Å². The second-order valence-corrected chi connectivity index (χ2v) is 5.76. The van der Waals surface area contributed by atoms with E-state index >= 15 is 0 Å². The Labute approximate surface area is 120 Å². The molecule has 3 nitrogen and oxygen atoms in total. The molecule has 1 amide bonds. The van der Waals surface area contributed by atoms with Gasteiger partial charge in [-0.25, -0.2) is 0 Å². The molecule has 0 bridgehead atoms. The van der Waals surface area contributed by atoms with Gasteiger partial charge in [0.15, 0.2) is 0 Å². The molecule has 1 N–H and O–H groups in total. The topological polar surface area (TPSA) is 38.3 Å². The molecule has 1 rings (SSSR count). The van der Waals surface area contributed by atoms with Gasteiger partial charge in [0.2, 0.25) is 0 Å². The number of carbonyl (C=O) groups is 1. The van der Waals surface area contributed by atoms with E-state index < -0.39 is 0 Å². The zero-order valence-electron chi connectivity index (χ0n) is 12.0. The lowest BCUT2D eigenvalue weighted by Gasteiger charge is -2.14. The molecule has 0 saturated heterocycles. The molecule has 0 radical (unpaired) electrons. The van der Waals surface area contributed by atoms with Crippen LogP contribution in [0.15, 0.2) is 18.2 Å². The Kier molecular flexibility index (Phi) is 6.16. The number of aryl methyl sites for hydroxylation is 1. The van der Waals surface area contributed by atoms with Gasteiger partial charge in [-0.2, -0.15) is 0 Å². The number of amides is 1. The highest BCUT2D eigenvalue weighted by Gasteiger charge is 2.14. The van der Waals surface area contributed by atoms with Crippen LogP contribution in [0.1, 0.15) is 36.2 Å². The van der Waals surface area contributed by atoms with Crippen LogP contribution in [-0.2, 0) is 0 Å². The number of nitrogens with one attached hydrogen (secondary N) is 1. The van der Waals surface area contributed by atoms with Gasteiger partial charge in [-0.3, -0.25) is 4.79 Å². The second kappa shape index (κ2) is 7.39. The Morgan fingerprint density at radius 3 is 2.68 bits per heavy atom. The van der Waals surface area contributed by atoms with Gasteiger partial charge in [0, 0.05) is 6.54 Å². The molecule has 0 heterocycles. The average Bonchev–Trinajstić information content (AvgIpc) is 2.35. The van der Waals surface area contributed by atoms with Gasteiger partial charge in [-0.1, -0.05) is 25.5 Å². The molecule has 0 aliphatic carbocycles. The van der Waals surface area contributed by atoms with Crippen molar-refractivity contribution in [3.63, 3.8) is 0 Å². The van der Waals surface area contributed by atoms with Crippen LogP contribution in [0.5, 0.6) is 5.75 Å². The number of methoxy groups -OCH3 is 1. The molecule has 0 aliphatic heterocycles. The van der Waals surface area contributed by atoms with Crippen LogP contribution in [0.3, 0.4) is 0 Å². The van der Waals surface area contributed by atoms with E-state index in [1.54, 1.807) is 13.2 Å². The zero-order chi connectivity index (χ0) is 14.4. The minimum atomic E-state index is -0.144. The Morgan fingerprint density at radius 1 is 1.42 bits per heavy atom. The molecule has 1 aromatic rings. The maximum atomic E-state index is 12.1. The number of rotatable bonds is 6. The predicted octanol–water partition coefficient (Wildman–Crippen LogP) is 3.39. The smallest absolute Gasteiger partial charge is 0.255 e. The molecule has 0 spiro atoms. The summed E-state index contributed by atoms with van der Waals surface area (Å²) in [4.78, 5) is 12.1. The third-order valence-corrected chi connectivity index (χ3v) is 3.14. The maximum Gasteiger partial charge on any atom is 0.255 e. The molecular weight excluding hydrogens is 262 g/mol. The first-order valence-electron chi connectivity index (χ1n) is 6.51. The largest absolute Gasteiger partial charge is 0.496 e. The van der Waals surface area contributed by atoms with E-state index in [0.717, 1.165) is 12.0 Å². The highest BCUT2D eigenvalue weighted by molar-refractivity contribution is 6.21. The van der Waals surface area contributed by atoms with Crippen molar-refractivity contribution in [1.29, 1.82) is 0 Å². The van der Waals surface area contributed by atoms with Crippen LogP contribution in [0.2, 0.25) is 0 Å². The van der Waals surface area contributed by atoms with Crippen molar-refractivity contribution in [3.8, 4) is 5.75 Å². The van der Waals surface area contributed by atoms with Crippen LogP contribution in [0, 0.1) is 12.8 Å². The first-order valence-corrected chi connectivity index (χ1v) is 6.94. The third-order valence-electron chi connectivity index (χ3n) is 2.81. The number of hydrogen-bond acceptors (Lipinski definition) is 2. The predicted molar refractivity (Wildman–Crippen MR) is 79.2 cm³/mol. The normalized spacial score (nSPS) is 12.3. The van der Waals surface area contributed by atoms with E-state index in [2.05, 4.69) is 19.2 Å². The van der Waals surface area contributed by atoms with Gasteiger partial charge in [0.1, 0.15) is 5.75 Å². The minimum Gasteiger partial charge on any atom is -0.496 e. The summed E-state index contributed by atoms with van der Waals surface area (Å²) in [6, 6.07) is 5.54. The highest BCUT2D eigenvalue weighted by atomic mass is 35.5. The summed E-state index contributed by atoms with van der Waals surface area (Å²) in [6.07, 6.45) is 0.882. The van der Waals surface area contributed by atoms with Crippen LogP contribution < -0.4 is 10.1 Å². The summed E-state index contributed by atoms with van der Waals surface area (Å²) in [5.74, 6) is 0.959. The maximum absolute atomic E-state index is 12.1. The summed E-state index contributed by atoms with van der Waals surface area (Å²) in [5, 5.41) is 2.81. The molecule has 106 valence electrons. The van der Waals surface area contributed by atoms with Gasteiger partial charge in [0.05, 0.1) is 18.1 Å². The fourth-order valence-corrected chi connectivity index (χ4v) is 2.33. The SMILES string of the molecule is COc1ccc(C)cc1C(=O)NCC(Cl)CC(C)C. The minimum absolute atomic E-state index is 0.0419. The molecule has 1 atom stereocenters. The highest BCUT2D eigenvalue weighted by Crippen LogP contribution is 2.19. The summed E-state index contributed by atoms with van der Waals surface area (Å²) in [7, 11) is 1.56. The van der Waals surface area contributed by atoms with Crippen LogP contribution >= 0.6 is 11.6 Å². The molecule has 0 saturated carbocycles. The van der Waals surface area contributed by atoms with Crippen molar-refractivity contribution in [2.24, 2.45) is 5.92 Å². The second-order valence-electron chi connectivity index (χ2n) is 5.14. The molecule has 19 heavy (non-hydrogen) atoms. The fourth-order valence-electron chi connectivity index (χ4n) is 1.89. The zero-order valence-corrected chi connectivity index (χ0v) is 12.8. The summed E-state index contributed by atoms with van der Waals surface area (Å²) in [6.45, 7) is 6.64. The van der Waals surface area contributed by atoms with E-state index in [1.165, 1.54) is 0 Å². The van der Waals surface area contributed by atoms with Crippen molar-refractivity contribution >= 4 is 17.5 Å². The number of carbonyl (C=O) groups excluding carboxylic acids is 1. The average molecular weight is 284 g/mol. The van der Waals surface area contributed by atoms with Crippen molar-refractivity contribution in [2.75, 3.05) is 13.7 Å². The van der Waals surface area contributed by atoms with Gasteiger partial charge < -0.3 is 10.1 Å². The lowest BCUT2D eigenvalue weighted by atomic mass is 10.1. The van der Waals surface area contributed by atoms with Gasteiger partial charge in [-0.15, -0.1) is 11.6 Å². The summed E-state index contributed by atoms with van der Waals surface area (Å²) >= 11 is 6.17. The Bertz CT molecular complexity index is 432. The molecule has 1 aromatic carbocycles. The molecular formula is C15H22ClNO2. The molecule has 4 heteroatoms. The lowest BCUT2D eigenvalue weighted by Crippen LogP contribution is -2.30. The van der Waals surface area contributed by atoms with E-state index in [0.29, 0.717) is 23.8 Å². The Balaban J connectivity index is 2.65. The standard InChI is InChI=1S/C15H22ClNO2/c1-10(2)7-12(16)9-17-15(18)13-8-11(3)5-6-14(13)19-4/h5-6,8,10,12H,7,9H2,1-4H3,(H,17,18). The Hall–Kier alpha value is -1.22. The molecule has 0 aliphatic rings. The number of halogens is 1. The van der Waals surface area contributed by atoms with Gasteiger partial charge in [-0.05, 0) is 31.4 Å².